The van der Waals surface area contributed by atoms with Crippen LogP contribution in [0.2, 0.25) is 0 Å². The first-order chi connectivity index (χ1) is 14.2. The summed E-state index contributed by atoms with van der Waals surface area (Å²) in [5, 5.41) is 6.98. The van der Waals surface area contributed by atoms with Crippen molar-refractivity contribution in [2.45, 2.75) is 12.8 Å². The number of thiazole rings is 1. The SMILES string of the molecule is O=C(c1csc(-c2cnn(-c3ccccc3)c2)n1)N1CCN(C(=O)C2CC2)CC1. The van der Waals surface area contributed by atoms with Crippen LogP contribution < -0.4 is 0 Å². The van der Waals surface area contributed by atoms with E-state index in [-0.39, 0.29) is 17.7 Å². The van der Waals surface area contributed by atoms with Crippen LogP contribution in [0, 0.1) is 5.92 Å². The van der Waals surface area contributed by atoms with Crippen LogP contribution in [0.3, 0.4) is 0 Å². The van der Waals surface area contributed by atoms with Crippen LogP contribution in [0.25, 0.3) is 16.3 Å². The highest BCUT2D eigenvalue weighted by Crippen LogP contribution is 2.31. The number of nitrogens with zero attached hydrogens (tertiary/aromatic N) is 5. The molecule has 1 saturated carbocycles. The number of aromatic nitrogens is 3. The molecule has 0 bridgehead atoms. The second-order valence-electron chi connectivity index (χ2n) is 7.44. The van der Waals surface area contributed by atoms with Gasteiger partial charge in [-0.3, -0.25) is 9.59 Å². The third kappa shape index (κ3) is 3.67. The van der Waals surface area contributed by atoms with Crippen LogP contribution in [-0.2, 0) is 4.79 Å². The first-order valence-corrected chi connectivity index (χ1v) is 10.7. The van der Waals surface area contributed by atoms with Gasteiger partial charge in [-0.15, -0.1) is 11.3 Å². The highest BCUT2D eigenvalue weighted by Gasteiger charge is 2.35. The van der Waals surface area contributed by atoms with Crippen molar-refractivity contribution < 1.29 is 9.59 Å². The fourth-order valence-corrected chi connectivity index (χ4v) is 4.31. The second-order valence-corrected chi connectivity index (χ2v) is 8.30. The van der Waals surface area contributed by atoms with E-state index in [0.717, 1.165) is 29.1 Å². The van der Waals surface area contributed by atoms with Crippen LogP contribution in [-0.4, -0.2) is 62.6 Å². The molecule has 0 unspecified atom stereocenters. The third-order valence-electron chi connectivity index (χ3n) is 5.38. The second kappa shape index (κ2) is 7.44. The number of para-hydroxylation sites is 1. The predicted octanol–water partition coefficient (Wildman–Crippen LogP) is 2.69. The molecular formula is C21H21N5O2S. The number of carbonyl (C=O) groups excluding carboxylic acids is 2. The van der Waals surface area contributed by atoms with Crippen LogP contribution in [0.4, 0.5) is 0 Å². The van der Waals surface area contributed by atoms with Crippen molar-refractivity contribution in [3.63, 3.8) is 0 Å². The van der Waals surface area contributed by atoms with Gasteiger partial charge in [0.2, 0.25) is 5.91 Å². The Kier molecular flexibility index (Phi) is 4.63. The number of piperazine rings is 1. The van der Waals surface area contributed by atoms with Crippen LogP contribution in [0.1, 0.15) is 23.3 Å². The highest BCUT2D eigenvalue weighted by atomic mass is 32.1. The summed E-state index contributed by atoms with van der Waals surface area (Å²) in [7, 11) is 0. The molecule has 2 amide bonds. The predicted molar refractivity (Wildman–Crippen MR) is 110 cm³/mol. The average Bonchev–Trinajstić information content (AvgIpc) is 3.30. The Morgan fingerprint density at radius 3 is 2.45 bits per heavy atom. The maximum Gasteiger partial charge on any atom is 0.273 e. The van der Waals surface area contributed by atoms with Crippen molar-refractivity contribution in [1.29, 1.82) is 0 Å². The Bertz CT molecular complexity index is 1030. The molecule has 1 aliphatic heterocycles. The first-order valence-electron chi connectivity index (χ1n) is 9.83. The number of hydrogen-bond acceptors (Lipinski definition) is 5. The summed E-state index contributed by atoms with van der Waals surface area (Å²) < 4.78 is 1.80. The summed E-state index contributed by atoms with van der Waals surface area (Å²) in [5.74, 6) is 0.417. The molecule has 1 aromatic carbocycles. The van der Waals surface area contributed by atoms with Crippen molar-refractivity contribution in [2.75, 3.05) is 26.2 Å². The van der Waals surface area contributed by atoms with E-state index in [9.17, 15) is 9.59 Å². The van der Waals surface area contributed by atoms with E-state index in [1.165, 1.54) is 11.3 Å². The lowest BCUT2D eigenvalue weighted by atomic mass is 10.2. The molecule has 148 valence electrons. The molecule has 2 fully saturated rings. The van der Waals surface area contributed by atoms with Gasteiger partial charge >= 0.3 is 0 Å². The normalized spacial score (nSPS) is 16.8. The number of benzene rings is 1. The molecule has 2 aromatic heterocycles. The minimum absolute atomic E-state index is 0.0681. The average molecular weight is 407 g/mol. The van der Waals surface area contributed by atoms with Gasteiger partial charge in [-0.05, 0) is 25.0 Å². The largest absolute Gasteiger partial charge is 0.339 e. The summed E-state index contributed by atoms with van der Waals surface area (Å²) in [5.41, 5.74) is 2.32. The van der Waals surface area contributed by atoms with Gasteiger partial charge in [-0.1, -0.05) is 18.2 Å². The summed E-state index contributed by atoms with van der Waals surface area (Å²) in [6.07, 6.45) is 5.72. The fraction of sp³-hybridized carbons (Fsp3) is 0.333. The van der Waals surface area contributed by atoms with Gasteiger partial charge in [-0.25, -0.2) is 9.67 Å². The first kappa shape index (κ1) is 18.1. The van der Waals surface area contributed by atoms with E-state index < -0.39 is 0 Å². The highest BCUT2D eigenvalue weighted by molar-refractivity contribution is 7.13. The van der Waals surface area contributed by atoms with Gasteiger partial charge in [0, 0.05) is 49.2 Å². The molecule has 5 rings (SSSR count). The third-order valence-corrected chi connectivity index (χ3v) is 6.27. The van der Waals surface area contributed by atoms with Gasteiger partial charge < -0.3 is 9.80 Å². The van der Waals surface area contributed by atoms with Gasteiger partial charge in [0.25, 0.3) is 5.91 Å². The van der Waals surface area contributed by atoms with E-state index in [0.29, 0.717) is 31.9 Å². The maximum absolute atomic E-state index is 12.8. The van der Waals surface area contributed by atoms with Crippen molar-refractivity contribution >= 4 is 23.2 Å². The van der Waals surface area contributed by atoms with Gasteiger partial charge in [0.15, 0.2) is 0 Å². The molecule has 1 saturated heterocycles. The number of amides is 2. The van der Waals surface area contributed by atoms with Gasteiger partial charge in [0.1, 0.15) is 10.7 Å². The van der Waals surface area contributed by atoms with E-state index in [4.69, 9.17) is 0 Å². The zero-order valence-corrected chi connectivity index (χ0v) is 16.7. The van der Waals surface area contributed by atoms with E-state index in [1.807, 2.05) is 41.4 Å². The number of hydrogen-bond donors (Lipinski definition) is 0. The molecule has 0 N–H and O–H groups in total. The lowest BCUT2D eigenvalue weighted by Gasteiger charge is -2.34. The Balaban J connectivity index is 1.25. The summed E-state index contributed by atoms with van der Waals surface area (Å²) in [6.45, 7) is 2.36. The van der Waals surface area contributed by atoms with Crippen LogP contribution in [0.5, 0.6) is 0 Å². The minimum atomic E-state index is -0.0681. The van der Waals surface area contributed by atoms with Crippen LogP contribution >= 0.6 is 11.3 Å². The number of rotatable bonds is 4. The lowest BCUT2D eigenvalue weighted by molar-refractivity contribution is -0.134. The summed E-state index contributed by atoms with van der Waals surface area (Å²) >= 11 is 1.44. The van der Waals surface area contributed by atoms with Gasteiger partial charge in [0.05, 0.1) is 11.9 Å². The van der Waals surface area contributed by atoms with Crippen molar-refractivity contribution in [3.05, 3.63) is 53.8 Å². The molecule has 1 aliphatic carbocycles. The van der Waals surface area contributed by atoms with Gasteiger partial charge in [-0.2, -0.15) is 5.10 Å². The van der Waals surface area contributed by atoms with Crippen molar-refractivity contribution in [1.82, 2.24) is 24.6 Å². The standard InChI is InChI=1S/C21H21N5O2S/c27-20(15-6-7-15)24-8-10-25(11-9-24)21(28)18-14-29-19(23-18)16-12-22-26(13-16)17-4-2-1-3-5-17/h1-5,12-15H,6-11H2. The Labute approximate surface area is 172 Å². The smallest absolute Gasteiger partial charge is 0.273 e. The maximum atomic E-state index is 12.8. The molecule has 2 aliphatic rings. The molecule has 0 radical (unpaired) electrons. The van der Waals surface area contributed by atoms with E-state index in [1.54, 1.807) is 21.2 Å². The summed E-state index contributed by atoms with van der Waals surface area (Å²) in [4.78, 5) is 33.3. The van der Waals surface area contributed by atoms with E-state index in [2.05, 4.69) is 10.1 Å². The van der Waals surface area contributed by atoms with Crippen LogP contribution in [0.15, 0.2) is 48.1 Å². The molecule has 8 heteroatoms. The molecule has 29 heavy (non-hydrogen) atoms. The quantitative estimate of drug-likeness (QED) is 0.667. The Hall–Kier alpha value is -3.00. The molecule has 7 nitrogen and oxygen atoms in total. The van der Waals surface area contributed by atoms with Crippen molar-refractivity contribution in [3.8, 4) is 16.3 Å². The zero-order chi connectivity index (χ0) is 19.8. The Morgan fingerprint density at radius 2 is 1.72 bits per heavy atom. The molecule has 0 atom stereocenters. The summed E-state index contributed by atoms with van der Waals surface area (Å²) in [6, 6.07) is 9.88. The monoisotopic (exact) mass is 407 g/mol. The molecule has 0 spiro atoms. The number of carbonyl (C=O) groups is 2. The molecule has 3 aromatic rings. The topological polar surface area (TPSA) is 71.3 Å². The molecular weight excluding hydrogens is 386 g/mol. The fourth-order valence-electron chi connectivity index (χ4n) is 3.54. The minimum Gasteiger partial charge on any atom is -0.339 e. The zero-order valence-electron chi connectivity index (χ0n) is 15.9. The molecule has 3 heterocycles. The van der Waals surface area contributed by atoms with E-state index >= 15 is 0 Å². The Morgan fingerprint density at radius 1 is 1.00 bits per heavy atom. The lowest BCUT2D eigenvalue weighted by Crippen LogP contribution is -2.51. The van der Waals surface area contributed by atoms with Crippen molar-refractivity contribution in [2.24, 2.45) is 5.92 Å².